The minimum atomic E-state index is -1.08. The van der Waals surface area contributed by atoms with Crippen LogP contribution in [0.1, 0.15) is 15.4 Å². The smallest absolute Gasteiger partial charge is 0.346 e. The largest absolute Gasteiger partial charge is 0.477 e. The molecule has 0 radical (unpaired) electrons. The van der Waals surface area contributed by atoms with Crippen LogP contribution in [-0.4, -0.2) is 21.0 Å². The minimum Gasteiger partial charge on any atom is -0.477 e. The third-order valence-electron chi connectivity index (χ3n) is 2.18. The van der Waals surface area contributed by atoms with Crippen molar-refractivity contribution in [1.82, 2.24) is 4.98 Å². The maximum Gasteiger partial charge on any atom is 0.346 e. The standard InChI is InChI=1S/C11H8N2O5S/c1-6-2-3-8(13(16)17)10(12-6)18-7-4-9(11(14)15)19-5-7/h2-5H,1H3,(H,14,15). The number of carbonyl (C=O) groups is 1. The van der Waals surface area contributed by atoms with Gasteiger partial charge in [0.2, 0.25) is 0 Å². The molecule has 0 saturated heterocycles. The second-order valence-electron chi connectivity index (χ2n) is 3.59. The zero-order chi connectivity index (χ0) is 14.0. The van der Waals surface area contributed by atoms with Crippen LogP contribution in [0.4, 0.5) is 5.69 Å². The molecule has 19 heavy (non-hydrogen) atoms. The molecule has 0 aliphatic heterocycles. The number of thiophene rings is 1. The molecule has 8 heteroatoms. The average Bonchev–Trinajstić information content (AvgIpc) is 2.77. The summed E-state index contributed by atoms with van der Waals surface area (Å²) >= 11 is 0.973. The van der Waals surface area contributed by atoms with Crippen molar-refractivity contribution in [2.45, 2.75) is 6.92 Å². The Bertz CT molecular complexity index is 652. The fraction of sp³-hybridized carbons (Fsp3) is 0.0909. The lowest BCUT2D eigenvalue weighted by Crippen LogP contribution is -1.97. The lowest BCUT2D eigenvalue weighted by atomic mass is 10.3. The molecule has 0 fully saturated rings. The number of hydrogen-bond donors (Lipinski definition) is 1. The van der Waals surface area contributed by atoms with Crippen LogP contribution in [0, 0.1) is 17.0 Å². The summed E-state index contributed by atoms with van der Waals surface area (Å²) in [6.07, 6.45) is 0. The molecule has 0 amide bonds. The first-order chi connectivity index (χ1) is 8.97. The van der Waals surface area contributed by atoms with E-state index in [9.17, 15) is 14.9 Å². The summed E-state index contributed by atoms with van der Waals surface area (Å²) < 4.78 is 5.28. The Balaban J connectivity index is 2.33. The lowest BCUT2D eigenvalue weighted by Gasteiger charge is -2.03. The summed E-state index contributed by atoms with van der Waals surface area (Å²) in [6.45, 7) is 1.67. The monoisotopic (exact) mass is 280 g/mol. The van der Waals surface area contributed by atoms with Gasteiger partial charge in [-0.05, 0) is 13.0 Å². The summed E-state index contributed by atoms with van der Waals surface area (Å²) in [5.74, 6) is -1.02. The molecule has 0 unspecified atom stereocenters. The fourth-order valence-corrected chi connectivity index (χ4v) is 1.98. The van der Waals surface area contributed by atoms with E-state index in [2.05, 4.69) is 4.98 Å². The molecular formula is C11H8N2O5S. The molecule has 98 valence electrons. The van der Waals surface area contributed by atoms with Crippen molar-refractivity contribution in [2.24, 2.45) is 0 Å². The summed E-state index contributed by atoms with van der Waals surface area (Å²) in [5, 5.41) is 21.1. The van der Waals surface area contributed by atoms with Gasteiger partial charge < -0.3 is 9.84 Å². The molecule has 1 N–H and O–H groups in total. The van der Waals surface area contributed by atoms with Gasteiger partial charge in [-0.3, -0.25) is 10.1 Å². The van der Waals surface area contributed by atoms with Crippen LogP contribution in [0.25, 0.3) is 0 Å². The number of rotatable bonds is 4. The van der Waals surface area contributed by atoms with Crippen LogP contribution in [0.15, 0.2) is 23.6 Å². The molecule has 2 heterocycles. The molecule has 2 aromatic rings. The first-order valence-corrected chi connectivity index (χ1v) is 5.97. The van der Waals surface area contributed by atoms with Gasteiger partial charge in [0, 0.05) is 23.2 Å². The van der Waals surface area contributed by atoms with E-state index < -0.39 is 10.9 Å². The van der Waals surface area contributed by atoms with Crippen LogP contribution >= 0.6 is 11.3 Å². The second kappa shape index (κ2) is 5.02. The Kier molecular flexibility index (Phi) is 3.43. The molecule has 2 aromatic heterocycles. The highest BCUT2D eigenvalue weighted by Crippen LogP contribution is 2.31. The Morgan fingerprint density at radius 1 is 1.53 bits per heavy atom. The average molecular weight is 280 g/mol. The summed E-state index contributed by atoms with van der Waals surface area (Å²) in [5.41, 5.74) is 0.294. The summed E-state index contributed by atoms with van der Waals surface area (Å²) in [6, 6.07) is 4.09. The number of nitrogens with zero attached hydrogens (tertiary/aromatic N) is 2. The zero-order valence-electron chi connectivity index (χ0n) is 9.69. The van der Waals surface area contributed by atoms with Gasteiger partial charge in [-0.1, -0.05) is 0 Å². The van der Waals surface area contributed by atoms with E-state index in [1.807, 2.05) is 0 Å². The van der Waals surface area contributed by atoms with Crippen LogP contribution in [0.5, 0.6) is 11.6 Å². The quantitative estimate of drug-likeness (QED) is 0.682. The van der Waals surface area contributed by atoms with E-state index in [0.29, 0.717) is 5.69 Å². The lowest BCUT2D eigenvalue weighted by molar-refractivity contribution is -0.386. The fourth-order valence-electron chi connectivity index (χ4n) is 1.34. The van der Waals surface area contributed by atoms with Gasteiger partial charge >= 0.3 is 11.7 Å². The van der Waals surface area contributed by atoms with Gasteiger partial charge in [0.05, 0.1) is 4.92 Å². The van der Waals surface area contributed by atoms with Crippen molar-refractivity contribution in [3.63, 3.8) is 0 Å². The predicted molar refractivity (Wildman–Crippen MR) is 67.0 cm³/mol. The topological polar surface area (TPSA) is 103 Å². The number of aromatic nitrogens is 1. The van der Waals surface area contributed by atoms with Crippen molar-refractivity contribution >= 4 is 23.0 Å². The first kappa shape index (κ1) is 13.0. The highest BCUT2D eigenvalue weighted by molar-refractivity contribution is 7.12. The van der Waals surface area contributed by atoms with E-state index in [1.165, 1.54) is 23.6 Å². The summed E-state index contributed by atoms with van der Waals surface area (Å²) in [7, 11) is 0. The number of carboxylic acid groups (broad SMARTS) is 1. The van der Waals surface area contributed by atoms with Crippen molar-refractivity contribution in [2.75, 3.05) is 0 Å². The van der Waals surface area contributed by atoms with E-state index in [0.717, 1.165) is 11.3 Å². The maximum absolute atomic E-state index is 10.8. The highest BCUT2D eigenvalue weighted by Gasteiger charge is 2.18. The predicted octanol–water partition coefficient (Wildman–Crippen LogP) is 2.85. The molecule has 0 aliphatic rings. The number of ether oxygens (including phenoxy) is 1. The number of hydrogen-bond acceptors (Lipinski definition) is 6. The Labute approximate surface area is 111 Å². The van der Waals surface area contributed by atoms with Crippen molar-refractivity contribution in [3.8, 4) is 11.6 Å². The number of aromatic carboxylic acids is 1. The molecule has 2 rings (SSSR count). The molecular weight excluding hydrogens is 272 g/mol. The van der Waals surface area contributed by atoms with Crippen LogP contribution in [0.3, 0.4) is 0 Å². The van der Waals surface area contributed by atoms with Crippen LogP contribution in [-0.2, 0) is 0 Å². The van der Waals surface area contributed by atoms with E-state index in [-0.39, 0.29) is 22.2 Å². The minimum absolute atomic E-state index is 0.0882. The number of pyridine rings is 1. The van der Waals surface area contributed by atoms with Gasteiger partial charge in [0.25, 0.3) is 5.88 Å². The molecule has 7 nitrogen and oxygen atoms in total. The molecule has 0 atom stereocenters. The molecule has 0 spiro atoms. The van der Waals surface area contributed by atoms with Crippen molar-refractivity contribution < 1.29 is 19.6 Å². The molecule has 0 saturated carbocycles. The van der Waals surface area contributed by atoms with E-state index in [4.69, 9.17) is 9.84 Å². The molecule has 0 aromatic carbocycles. The number of carboxylic acids is 1. The zero-order valence-corrected chi connectivity index (χ0v) is 10.5. The third-order valence-corrected chi connectivity index (χ3v) is 3.07. The SMILES string of the molecule is Cc1ccc([N+](=O)[O-])c(Oc2csc(C(=O)O)c2)n1. The number of aryl methyl sites for hydroxylation is 1. The highest BCUT2D eigenvalue weighted by atomic mass is 32.1. The van der Waals surface area contributed by atoms with Crippen LogP contribution in [0.2, 0.25) is 0 Å². The Morgan fingerprint density at radius 2 is 2.26 bits per heavy atom. The van der Waals surface area contributed by atoms with Gasteiger partial charge in [0.1, 0.15) is 10.6 Å². The molecule has 0 aliphatic carbocycles. The maximum atomic E-state index is 10.8. The van der Waals surface area contributed by atoms with E-state index >= 15 is 0 Å². The van der Waals surface area contributed by atoms with Gasteiger partial charge in [0.15, 0.2) is 0 Å². The van der Waals surface area contributed by atoms with Gasteiger partial charge in [-0.2, -0.15) is 0 Å². The number of nitro groups is 1. The van der Waals surface area contributed by atoms with Crippen LogP contribution < -0.4 is 4.74 Å². The van der Waals surface area contributed by atoms with Crippen molar-refractivity contribution in [1.29, 1.82) is 0 Å². The van der Waals surface area contributed by atoms with Gasteiger partial charge in [-0.25, -0.2) is 9.78 Å². The van der Waals surface area contributed by atoms with E-state index in [1.54, 1.807) is 6.92 Å². The Hall–Kier alpha value is -2.48. The Morgan fingerprint density at radius 3 is 2.84 bits per heavy atom. The first-order valence-electron chi connectivity index (χ1n) is 5.09. The third kappa shape index (κ3) is 2.86. The molecule has 0 bridgehead atoms. The van der Waals surface area contributed by atoms with Crippen molar-refractivity contribution in [3.05, 3.63) is 44.3 Å². The normalized spacial score (nSPS) is 10.2. The van der Waals surface area contributed by atoms with Gasteiger partial charge in [-0.15, -0.1) is 11.3 Å². The second-order valence-corrected chi connectivity index (χ2v) is 4.50. The summed E-state index contributed by atoms with van der Waals surface area (Å²) in [4.78, 5) is 25.0.